The summed E-state index contributed by atoms with van der Waals surface area (Å²) < 4.78 is 5.23. The molecule has 1 atom stereocenters. The van der Waals surface area contributed by atoms with E-state index in [0.717, 1.165) is 5.56 Å². The van der Waals surface area contributed by atoms with E-state index in [-0.39, 0.29) is 11.3 Å². The molecule has 0 saturated heterocycles. The predicted molar refractivity (Wildman–Crippen MR) is 78.0 cm³/mol. The molecular weight excluding hydrogens is 254 g/mol. The molecule has 0 radical (unpaired) electrons. The number of amides is 1. The van der Waals surface area contributed by atoms with Gasteiger partial charge in [0.25, 0.3) is 0 Å². The van der Waals surface area contributed by atoms with Gasteiger partial charge in [0.1, 0.15) is 0 Å². The van der Waals surface area contributed by atoms with E-state index in [4.69, 9.17) is 10.2 Å². The molecule has 2 aromatic rings. The van der Waals surface area contributed by atoms with Crippen LogP contribution < -0.4 is 11.1 Å². The zero-order chi connectivity index (χ0) is 14.8. The molecule has 3 N–H and O–H groups in total. The lowest BCUT2D eigenvalue weighted by molar-refractivity contribution is -0.119. The van der Waals surface area contributed by atoms with Crippen molar-refractivity contribution in [1.29, 1.82) is 0 Å². The van der Waals surface area contributed by atoms with E-state index in [1.165, 1.54) is 6.39 Å². The molecule has 1 amide bonds. The molecule has 5 heteroatoms. The van der Waals surface area contributed by atoms with Crippen LogP contribution in [-0.4, -0.2) is 16.9 Å². The van der Waals surface area contributed by atoms with Gasteiger partial charge in [0.05, 0.1) is 12.2 Å². The summed E-state index contributed by atoms with van der Waals surface area (Å²) in [5, 5.41) is 2.82. The lowest BCUT2D eigenvalue weighted by Gasteiger charge is -2.25. The number of hydrogen-bond donors (Lipinski definition) is 2. The Bertz CT molecular complexity index is 585. The third-order valence-electron chi connectivity index (χ3n) is 3.06. The maximum absolute atomic E-state index is 12.1. The largest absolute Gasteiger partial charge is 0.444 e. The van der Waals surface area contributed by atoms with Crippen LogP contribution in [0.4, 0.5) is 5.69 Å². The van der Waals surface area contributed by atoms with E-state index in [1.807, 2.05) is 45.0 Å². The molecule has 5 nitrogen and oxygen atoms in total. The van der Waals surface area contributed by atoms with Crippen LogP contribution in [0.5, 0.6) is 0 Å². The number of nitrogens with zero attached hydrogens (tertiary/aromatic N) is 1. The summed E-state index contributed by atoms with van der Waals surface area (Å²) in [6, 6.07) is 6.80. The molecule has 2 rings (SSSR count). The highest BCUT2D eigenvalue weighted by Crippen LogP contribution is 2.23. The summed E-state index contributed by atoms with van der Waals surface area (Å²) in [6.07, 6.45) is 3.00. The average Bonchev–Trinajstić information content (AvgIpc) is 2.91. The van der Waals surface area contributed by atoms with Crippen LogP contribution in [0.2, 0.25) is 0 Å². The topological polar surface area (TPSA) is 81.2 Å². The summed E-state index contributed by atoms with van der Waals surface area (Å²) in [5.41, 5.74) is 7.18. The van der Waals surface area contributed by atoms with Gasteiger partial charge in [0.15, 0.2) is 12.2 Å². The van der Waals surface area contributed by atoms with Crippen LogP contribution in [0.3, 0.4) is 0 Å². The second-order valence-corrected chi connectivity index (χ2v) is 5.78. The third-order valence-corrected chi connectivity index (χ3v) is 3.06. The first-order valence-electron chi connectivity index (χ1n) is 6.43. The lowest BCUT2D eigenvalue weighted by atomic mass is 9.87. The number of anilines is 1. The molecule has 20 heavy (non-hydrogen) atoms. The van der Waals surface area contributed by atoms with Crippen molar-refractivity contribution in [2.75, 3.05) is 5.32 Å². The first-order valence-corrected chi connectivity index (χ1v) is 6.43. The monoisotopic (exact) mass is 273 g/mol. The number of carbonyl (C=O) groups is 1. The second kappa shape index (κ2) is 5.46. The molecule has 0 aliphatic heterocycles. The molecule has 0 fully saturated rings. The Kier molecular flexibility index (Phi) is 3.90. The van der Waals surface area contributed by atoms with Crippen LogP contribution in [0.15, 0.2) is 41.3 Å². The van der Waals surface area contributed by atoms with E-state index in [9.17, 15) is 4.79 Å². The fraction of sp³-hybridized carbons (Fsp3) is 0.333. The van der Waals surface area contributed by atoms with E-state index in [1.54, 1.807) is 6.20 Å². The first-order chi connectivity index (χ1) is 9.38. The Morgan fingerprint density at radius 2 is 2.15 bits per heavy atom. The Balaban J connectivity index is 2.15. The number of hydrogen-bond acceptors (Lipinski definition) is 4. The van der Waals surface area contributed by atoms with Crippen LogP contribution in [0.1, 0.15) is 20.8 Å². The van der Waals surface area contributed by atoms with E-state index < -0.39 is 6.04 Å². The number of oxazole rings is 1. The van der Waals surface area contributed by atoms with Gasteiger partial charge < -0.3 is 15.5 Å². The summed E-state index contributed by atoms with van der Waals surface area (Å²) in [7, 11) is 0. The third kappa shape index (κ3) is 3.24. The zero-order valence-electron chi connectivity index (χ0n) is 11.9. The molecule has 0 aliphatic carbocycles. The summed E-state index contributed by atoms with van der Waals surface area (Å²) in [4.78, 5) is 16.0. The smallest absolute Gasteiger partial charge is 0.241 e. The first kappa shape index (κ1) is 14.3. The molecular formula is C15H19N3O2. The van der Waals surface area contributed by atoms with Gasteiger partial charge in [-0.3, -0.25) is 4.79 Å². The van der Waals surface area contributed by atoms with Crippen molar-refractivity contribution in [3.05, 3.63) is 36.9 Å². The maximum Gasteiger partial charge on any atom is 0.241 e. The second-order valence-electron chi connectivity index (χ2n) is 5.78. The fourth-order valence-electron chi connectivity index (χ4n) is 1.72. The van der Waals surface area contributed by atoms with Crippen LogP contribution in [0, 0.1) is 5.41 Å². The Labute approximate surface area is 118 Å². The van der Waals surface area contributed by atoms with Gasteiger partial charge in [-0.1, -0.05) is 32.9 Å². The molecule has 0 bridgehead atoms. The standard InChI is InChI=1S/C15H19N3O2/c1-15(2,3)13(16)14(19)18-11-6-4-5-10(7-11)12-8-17-9-20-12/h4-9,13H,16H2,1-3H3,(H,18,19)/t13-/m1/s1. The maximum atomic E-state index is 12.1. The number of benzene rings is 1. The number of rotatable bonds is 3. The van der Waals surface area contributed by atoms with Gasteiger partial charge in [0.2, 0.25) is 5.91 Å². The Hall–Kier alpha value is -2.14. The van der Waals surface area contributed by atoms with Crippen molar-refractivity contribution in [3.8, 4) is 11.3 Å². The van der Waals surface area contributed by atoms with Crippen molar-refractivity contribution in [2.24, 2.45) is 11.1 Å². The van der Waals surface area contributed by atoms with Gasteiger partial charge in [-0.05, 0) is 17.5 Å². The van der Waals surface area contributed by atoms with Crippen LogP contribution in [-0.2, 0) is 4.79 Å². The molecule has 0 unspecified atom stereocenters. The van der Waals surface area contributed by atoms with Gasteiger partial charge in [-0.2, -0.15) is 0 Å². The minimum Gasteiger partial charge on any atom is -0.444 e. The van der Waals surface area contributed by atoms with E-state index in [0.29, 0.717) is 11.4 Å². The molecule has 0 spiro atoms. The lowest BCUT2D eigenvalue weighted by Crippen LogP contribution is -2.45. The summed E-state index contributed by atoms with van der Waals surface area (Å²) in [5.74, 6) is 0.452. The van der Waals surface area contributed by atoms with Crippen molar-refractivity contribution < 1.29 is 9.21 Å². The normalized spacial score (nSPS) is 13.0. The average molecular weight is 273 g/mol. The fourth-order valence-corrected chi connectivity index (χ4v) is 1.72. The highest BCUT2D eigenvalue weighted by atomic mass is 16.3. The van der Waals surface area contributed by atoms with E-state index in [2.05, 4.69) is 10.3 Å². The van der Waals surface area contributed by atoms with Crippen molar-refractivity contribution in [3.63, 3.8) is 0 Å². The highest BCUT2D eigenvalue weighted by molar-refractivity contribution is 5.95. The van der Waals surface area contributed by atoms with Gasteiger partial charge in [-0.15, -0.1) is 0 Å². The van der Waals surface area contributed by atoms with Gasteiger partial charge in [0, 0.05) is 11.3 Å². The Morgan fingerprint density at radius 3 is 2.75 bits per heavy atom. The number of nitrogens with two attached hydrogens (primary N) is 1. The predicted octanol–water partition coefficient (Wildman–Crippen LogP) is 2.65. The number of nitrogens with one attached hydrogen (secondary N) is 1. The summed E-state index contributed by atoms with van der Waals surface area (Å²) >= 11 is 0. The molecule has 1 aromatic carbocycles. The van der Waals surface area contributed by atoms with Crippen LogP contribution >= 0.6 is 0 Å². The Morgan fingerprint density at radius 1 is 1.40 bits per heavy atom. The molecule has 0 aliphatic rings. The van der Waals surface area contributed by atoms with Gasteiger partial charge >= 0.3 is 0 Å². The molecule has 1 heterocycles. The van der Waals surface area contributed by atoms with Gasteiger partial charge in [-0.25, -0.2) is 4.98 Å². The van der Waals surface area contributed by atoms with Crippen molar-refractivity contribution in [2.45, 2.75) is 26.8 Å². The molecule has 0 saturated carbocycles. The van der Waals surface area contributed by atoms with Crippen molar-refractivity contribution >= 4 is 11.6 Å². The number of carbonyl (C=O) groups excluding carboxylic acids is 1. The highest BCUT2D eigenvalue weighted by Gasteiger charge is 2.27. The SMILES string of the molecule is CC(C)(C)[C@H](N)C(=O)Nc1cccc(-c2cnco2)c1. The minimum atomic E-state index is -0.573. The molecule has 106 valence electrons. The minimum absolute atomic E-state index is 0.202. The number of aromatic nitrogens is 1. The quantitative estimate of drug-likeness (QED) is 0.900. The summed E-state index contributed by atoms with van der Waals surface area (Å²) in [6.45, 7) is 5.80. The van der Waals surface area contributed by atoms with Crippen LogP contribution in [0.25, 0.3) is 11.3 Å². The zero-order valence-corrected chi connectivity index (χ0v) is 11.9. The van der Waals surface area contributed by atoms with E-state index >= 15 is 0 Å². The van der Waals surface area contributed by atoms with Crippen molar-refractivity contribution in [1.82, 2.24) is 4.98 Å². The molecule has 1 aromatic heterocycles.